The Kier molecular flexibility index (Phi) is 3.26. The van der Waals surface area contributed by atoms with Crippen LogP contribution in [0.2, 0.25) is 0 Å². The van der Waals surface area contributed by atoms with Gasteiger partial charge in [0.1, 0.15) is 6.61 Å². The monoisotopic (exact) mass is 307 g/mol. The largest absolute Gasteiger partial charge is 0.447 e. The molecule has 2 heterocycles. The van der Waals surface area contributed by atoms with Crippen molar-refractivity contribution >= 4 is 22.8 Å². The summed E-state index contributed by atoms with van der Waals surface area (Å²) in [7, 11) is 0. The molecule has 1 amide bonds. The van der Waals surface area contributed by atoms with Gasteiger partial charge in [-0.1, -0.05) is 37.3 Å². The number of nitrogens with one attached hydrogen (secondary N) is 1. The van der Waals surface area contributed by atoms with Crippen molar-refractivity contribution in [2.45, 2.75) is 18.9 Å². The molecule has 0 spiro atoms. The van der Waals surface area contributed by atoms with E-state index in [0.29, 0.717) is 6.61 Å². The molecular weight excluding hydrogens is 290 g/mol. The quantitative estimate of drug-likeness (QED) is 0.803. The van der Waals surface area contributed by atoms with Crippen LogP contribution >= 0.6 is 0 Å². The number of benzene rings is 2. The zero-order chi connectivity index (χ0) is 15.8. The zero-order valence-corrected chi connectivity index (χ0v) is 12.8. The van der Waals surface area contributed by atoms with Gasteiger partial charge in [0.15, 0.2) is 0 Å². The van der Waals surface area contributed by atoms with Gasteiger partial charge in [0.2, 0.25) is 0 Å². The summed E-state index contributed by atoms with van der Waals surface area (Å²) in [4.78, 5) is 21.3. The number of hydrogen-bond acceptors (Lipinski definition) is 3. The van der Waals surface area contributed by atoms with E-state index in [2.05, 4.69) is 29.0 Å². The van der Waals surface area contributed by atoms with Gasteiger partial charge in [0, 0.05) is 11.6 Å². The fourth-order valence-electron chi connectivity index (χ4n) is 3.15. The number of cyclic esters (lactones) is 1. The number of aromatic amines is 1. The molecule has 0 aliphatic carbocycles. The van der Waals surface area contributed by atoms with E-state index >= 15 is 0 Å². The molecule has 23 heavy (non-hydrogen) atoms. The highest BCUT2D eigenvalue weighted by atomic mass is 16.6. The van der Waals surface area contributed by atoms with E-state index in [1.807, 2.05) is 36.4 Å². The maximum atomic E-state index is 12.3. The molecule has 116 valence electrons. The number of imidazole rings is 1. The molecule has 1 aliphatic heterocycles. The van der Waals surface area contributed by atoms with E-state index in [0.717, 1.165) is 16.7 Å². The number of fused-ring (bicyclic) bond motifs is 1. The number of anilines is 1. The molecule has 2 atom stereocenters. The summed E-state index contributed by atoms with van der Waals surface area (Å²) < 4.78 is 5.33. The second-order valence-electron chi connectivity index (χ2n) is 5.82. The highest BCUT2D eigenvalue weighted by molar-refractivity contribution is 5.93. The Bertz CT molecular complexity index is 844. The minimum Gasteiger partial charge on any atom is -0.447 e. The summed E-state index contributed by atoms with van der Waals surface area (Å²) >= 11 is 0. The first kappa shape index (κ1) is 13.8. The average Bonchev–Trinajstić information content (AvgIpc) is 3.20. The van der Waals surface area contributed by atoms with Gasteiger partial charge in [0.05, 0.1) is 23.4 Å². The van der Waals surface area contributed by atoms with Crippen molar-refractivity contribution in [2.75, 3.05) is 11.5 Å². The van der Waals surface area contributed by atoms with Crippen molar-refractivity contribution in [3.63, 3.8) is 0 Å². The fraction of sp³-hybridized carbons (Fsp3) is 0.222. The molecule has 2 unspecified atom stereocenters. The first-order chi connectivity index (χ1) is 11.2. The summed E-state index contributed by atoms with van der Waals surface area (Å²) in [5, 5.41) is 0. The molecule has 1 fully saturated rings. The van der Waals surface area contributed by atoms with Gasteiger partial charge < -0.3 is 9.72 Å². The molecular formula is C18H17N3O2. The maximum absolute atomic E-state index is 12.3. The molecule has 1 saturated heterocycles. The number of nitrogens with zero attached hydrogens (tertiary/aromatic N) is 2. The lowest BCUT2D eigenvalue weighted by Gasteiger charge is -2.27. The van der Waals surface area contributed by atoms with Crippen LogP contribution in [0, 0.1) is 0 Å². The van der Waals surface area contributed by atoms with Gasteiger partial charge in [-0.3, -0.25) is 4.90 Å². The summed E-state index contributed by atoms with van der Waals surface area (Å²) in [6.45, 7) is 2.52. The third-order valence-electron chi connectivity index (χ3n) is 4.49. The topological polar surface area (TPSA) is 58.2 Å². The standard InChI is InChI=1S/C18H17N3O2/c1-12(13-5-3-2-4-6-13)17-10-23-18(22)21(17)14-7-8-15-16(9-14)20-11-19-15/h2-9,11-12,17H,10H2,1H3,(H,19,20). The van der Waals surface area contributed by atoms with Gasteiger partial charge in [0.25, 0.3) is 0 Å². The molecule has 4 rings (SSSR count). The number of carbonyl (C=O) groups excluding carboxylic acids is 1. The third-order valence-corrected chi connectivity index (χ3v) is 4.49. The summed E-state index contributed by atoms with van der Waals surface area (Å²) in [5.41, 5.74) is 3.81. The van der Waals surface area contributed by atoms with Crippen molar-refractivity contribution in [1.82, 2.24) is 9.97 Å². The Morgan fingerprint density at radius 2 is 2.09 bits per heavy atom. The van der Waals surface area contributed by atoms with Crippen LogP contribution in [-0.4, -0.2) is 28.7 Å². The van der Waals surface area contributed by atoms with E-state index in [1.54, 1.807) is 11.2 Å². The number of rotatable bonds is 3. The minimum atomic E-state index is -0.298. The minimum absolute atomic E-state index is 0.0266. The van der Waals surface area contributed by atoms with E-state index < -0.39 is 0 Å². The molecule has 1 N–H and O–H groups in total. The van der Waals surface area contributed by atoms with E-state index in [4.69, 9.17) is 4.74 Å². The maximum Gasteiger partial charge on any atom is 0.414 e. The summed E-state index contributed by atoms with van der Waals surface area (Å²) in [6.07, 6.45) is 1.36. The van der Waals surface area contributed by atoms with Crippen molar-refractivity contribution in [1.29, 1.82) is 0 Å². The van der Waals surface area contributed by atoms with Crippen LogP contribution in [0.3, 0.4) is 0 Å². The third kappa shape index (κ3) is 2.34. The van der Waals surface area contributed by atoms with Crippen molar-refractivity contribution in [3.8, 4) is 0 Å². The van der Waals surface area contributed by atoms with Crippen LogP contribution in [0.25, 0.3) is 11.0 Å². The lowest BCUT2D eigenvalue weighted by Crippen LogP contribution is -2.37. The molecule has 0 radical (unpaired) electrons. The lowest BCUT2D eigenvalue weighted by atomic mass is 9.93. The van der Waals surface area contributed by atoms with Crippen LogP contribution in [-0.2, 0) is 4.74 Å². The second kappa shape index (κ2) is 5.43. The number of hydrogen-bond donors (Lipinski definition) is 1. The normalized spacial score (nSPS) is 19.1. The van der Waals surface area contributed by atoms with Crippen molar-refractivity contribution in [2.24, 2.45) is 0 Å². The molecule has 0 bridgehead atoms. The molecule has 3 aromatic rings. The highest BCUT2D eigenvalue weighted by Crippen LogP contribution is 2.33. The highest BCUT2D eigenvalue weighted by Gasteiger charge is 2.38. The molecule has 5 heteroatoms. The van der Waals surface area contributed by atoms with E-state index in [1.165, 1.54) is 5.56 Å². The van der Waals surface area contributed by atoms with Gasteiger partial charge in [-0.25, -0.2) is 9.78 Å². The zero-order valence-electron chi connectivity index (χ0n) is 12.8. The van der Waals surface area contributed by atoms with Crippen LogP contribution in [0.15, 0.2) is 54.9 Å². The Labute approximate surface area is 133 Å². The lowest BCUT2D eigenvalue weighted by molar-refractivity contribution is 0.178. The van der Waals surface area contributed by atoms with Crippen LogP contribution < -0.4 is 4.90 Å². The summed E-state index contributed by atoms with van der Waals surface area (Å²) in [5.74, 6) is 0.178. The molecule has 5 nitrogen and oxygen atoms in total. The smallest absolute Gasteiger partial charge is 0.414 e. The molecule has 1 aromatic heterocycles. The van der Waals surface area contributed by atoms with E-state index in [-0.39, 0.29) is 18.1 Å². The SMILES string of the molecule is CC(c1ccccc1)C1COC(=O)N1c1ccc2[nH]cnc2c1. The fourth-order valence-corrected chi connectivity index (χ4v) is 3.15. The number of ether oxygens (including phenoxy) is 1. The summed E-state index contributed by atoms with van der Waals surface area (Å²) in [6, 6.07) is 16.0. The van der Waals surface area contributed by atoms with Gasteiger partial charge in [-0.05, 0) is 23.8 Å². The van der Waals surface area contributed by atoms with Crippen LogP contribution in [0.5, 0.6) is 0 Å². The first-order valence-electron chi connectivity index (χ1n) is 7.68. The molecule has 2 aromatic carbocycles. The average molecular weight is 307 g/mol. The van der Waals surface area contributed by atoms with Gasteiger partial charge in [-0.15, -0.1) is 0 Å². The van der Waals surface area contributed by atoms with Crippen molar-refractivity contribution < 1.29 is 9.53 Å². The number of carbonyl (C=O) groups is 1. The molecule has 1 aliphatic rings. The number of aromatic nitrogens is 2. The predicted octanol–water partition coefficient (Wildman–Crippen LogP) is 3.69. The Morgan fingerprint density at radius 1 is 1.26 bits per heavy atom. The van der Waals surface area contributed by atoms with E-state index in [9.17, 15) is 4.79 Å². The Hall–Kier alpha value is -2.82. The number of amides is 1. The second-order valence-corrected chi connectivity index (χ2v) is 5.82. The predicted molar refractivity (Wildman–Crippen MR) is 88.6 cm³/mol. The molecule has 0 saturated carbocycles. The first-order valence-corrected chi connectivity index (χ1v) is 7.68. The van der Waals surface area contributed by atoms with Crippen LogP contribution in [0.4, 0.5) is 10.5 Å². The Balaban J connectivity index is 1.71. The van der Waals surface area contributed by atoms with Crippen LogP contribution in [0.1, 0.15) is 18.4 Å². The van der Waals surface area contributed by atoms with Crippen molar-refractivity contribution in [3.05, 3.63) is 60.4 Å². The van der Waals surface area contributed by atoms with Gasteiger partial charge in [-0.2, -0.15) is 0 Å². The van der Waals surface area contributed by atoms with Gasteiger partial charge >= 0.3 is 6.09 Å². The Morgan fingerprint density at radius 3 is 2.91 bits per heavy atom. The number of H-pyrrole nitrogens is 1.